The van der Waals surface area contributed by atoms with E-state index in [0.717, 1.165) is 50.9 Å². The minimum absolute atomic E-state index is 0.155. The third-order valence-electron chi connectivity index (χ3n) is 7.86. The summed E-state index contributed by atoms with van der Waals surface area (Å²) >= 11 is 0. The van der Waals surface area contributed by atoms with Crippen LogP contribution in [0.4, 0.5) is 21.8 Å². The molecule has 2 aromatic carbocycles. The molecule has 0 fully saturated rings. The van der Waals surface area contributed by atoms with Crippen molar-refractivity contribution in [2.45, 2.75) is 20.4 Å². The number of halogens is 1. The lowest BCUT2D eigenvalue weighted by molar-refractivity contribution is 0.0997. The van der Waals surface area contributed by atoms with Crippen LogP contribution in [-0.4, -0.2) is 42.7 Å². The molecular weight excluding hydrogens is 547 g/mol. The summed E-state index contributed by atoms with van der Waals surface area (Å²) in [6, 6.07) is 14.7. The molecule has 43 heavy (non-hydrogen) atoms. The number of benzene rings is 2. The first-order chi connectivity index (χ1) is 20.8. The number of anilines is 3. The summed E-state index contributed by atoms with van der Waals surface area (Å²) in [5, 5.41) is 8.54. The Labute approximate surface area is 246 Å². The number of H-pyrrole nitrogens is 1. The molecule has 4 aromatic heterocycles. The molecule has 10 nitrogen and oxygen atoms in total. The van der Waals surface area contributed by atoms with Gasteiger partial charge in [0.05, 0.1) is 36.7 Å². The summed E-state index contributed by atoms with van der Waals surface area (Å²) in [4.78, 5) is 32.1. The normalized spacial score (nSPS) is 12.7. The van der Waals surface area contributed by atoms with Gasteiger partial charge in [0.25, 0.3) is 5.91 Å². The zero-order valence-corrected chi connectivity index (χ0v) is 23.9. The van der Waals surface area contributed by atoms with Crippen LogP contribution in [0, 0.1) is 19.7 Å². The fourth-order valence-corrected chi connectivity index (χ4v) is 5.59. The molecule has 6 aromatic rings. The zero-order chi connectivity index (χ0) is 29.8. The number of aromatic amines is 1. The second-order valence-electron chi connectivity index (χ2n) is 10.5. The number of nitrogens with zero attached hydrogens (tertiary/aromatic N) is 6. The van der Waals surface area contributed by atoms with E-state index in [9.17, 15) is 9.18 Å². The van der Waals surface area contributed by atoms with E-state index in [4.69, 9.17) is 9.72 Å². The van der Waals surface area contributed by atoms with Crippen molar-refractivity contribution >= 4 is 34.3 Å². The smallest absolute Gasteiger partial charge is 0.259 e. The summed E-state index contributed by atoms with van der Waals surface area (Å²) in [5.74, 6) is 0.752. The van der Waals surface area contributed by atoms with Gasteiger partial charge < -0.3 is 19.9 Å². The van der Waals surface area contributed by atoms with Crippen LogP contribution in [0.25, 0.3) is 33.3 Å². The number of amides is 1. The Kier molecular flexibility index (Phi) is 6.15. The van der Waals surface area contributed by atoms with E-state index in [-0.39, 0.29) is 12.5 Å². The van der Waals surface area contributed by atoms with Gasteiger partial charge in [-0.1, -0.05) is 24.3 Å². The highest BCUT2D eigenvalue weighted by Crippen LogP contribution is 2.40. The van der Waals surface area contributed by atoms with Crippen LogP contribution in [0.3, 0.4) is 0 Å². The van der Waals surface area contributed by atoms with Crippen LogP contribution in [0.15, 0.2) is 67.1 Å². The van der Waals surface area contributed by atoms with E-state index < -0.39 is 5.82 Å². The van der Waals surface area contributed by atoms with E-state index in [1.807, 2.05) is 57.4 Å². The first kappa shape index (κ1) is 26.3. The SMILES string of the molecule is COc1cc(-c2cccc3c2CN(c2cccc4c(-c5nc(Nc6cc(C)n(C)n6)ncc5C)c[nH]c24)C3=O)c(F)cn1. The van der Waals surface area contributed by atoms with Gasteiger partial charge in [-0.05, 0) is 42.7 Å². The Morgan fingerprint density at radius 1 is 1.00 bits per heavy atom. The van der Waals surface area contributed by atoms with Crippen molar-refractivity contribution in [3.8, 4) is 28.3 Å². The van der Waals surface area contributed by atoms with Gasteiger partial charge in [0.1, 0.15) is 5.82 Å². The fraction of sp³-hybridized carbons (Fsp3) is 0.156. The van der Waals surface area contributed by atoms with E-state index in [0.29, 0.717) is 34.3 Å². The predicted molar refractivity (Wildman–Crippen MR) is 162 cm³/mol. The first-order valence-corrected chi connectivity index (χ1v) is 13.7. The van der Waals surface area contributed by atoms with Crippen LogP contribution in [-0.2, 0) is 13.6 Å². The van der Waals surface area contributed by atoms with Crippen molar-refractivity contribution in [3.05, 3.63) is 95.3 Å². The molecule has 1 amide bonds. The van der Waals surface area contributed by atoms with Gasteiger partial charge in [-0.2, -0.15) is 5.10 Å². The number of methoxy groups -OCH3 is 1. The number of hydrogen-bond donors (Lipinski definition) is 2. The maximum absolute atomic E-state index is 14.9. The average molecular weight is 575 g/mol. The Morgan fingerprint density at radius 2 is 1.81 bits per heavy atom. The van der Waals surface area contributed by atoms with Gasteiger partial charge in [0, 0.05) is 59.3 Å². The van der Waals surface area contributed by atoms with Crippen molar-refractivity contribution < 1.29 is 13.9 Å². The number of rotatable bonds is 6. The maximum atomic E-state index is 14.9. The predicted octanol–water partition coefficient (Wildman–Crippen LogP) is 6.09. The van der Waals surface area contributed by atoms with Gasteiger partial charge in [-0.15, -0.1) is 0 Å². The largest absolute Gasteiger partial charge is 0.481 e. The van der Waals surface area contributed by atoms with Crippen molar-refractivity contribution in [1.82, 2.24) is 29.7 Å². The van der Waals surface area contributed by atoms with Crippen LogP contribution in [0.5, 0.6) is 5.88 Å². The van der Waals surface area contributed by atoms with E-state index in [1.54, 1.807) is 34.0 Å². The van der Waals surface area contributed by atoms with Crippen molar-refractivity contribution in [1.29, 1.82) is 0 Å². The molecule has 0 bridgehead atoms. The Morgan fingerprint density at radius 3 is 2.60 bits per heavy atom. The number of pyridine rings is 1. The Balaban J connectivity index is 1.26. The minimum atomic E-state index is -0.483. The molecule has 0 unspecified atom stereocenters. The summed E-state index contributed by atoms with van der Waals surface area (Å²) in [7, 11) is 3.36. The molecule has 11 heteroatoms. The summed E-state index contributed by atoms with van der Waals surface area (Å²) in [6.45, 7) is 4.22. The summed E-state index contributed by atoms with van der Waals surface area (Å²) < 4.78 is 21.9. The molecule has 5 heterocycles. The second-order valence-corrected chi connectivity index (χ2v) is 10.5. The molecule has 1 aliphatic heterocycles. The zero-order valence-electron chi connectivity index (χ0n) is 23.9. The highest BCUT2D eigenvalue weighted by Gasteiger charge is 2.32. The van der Waals surface area contributed by atoms with Gasteiger partial charge in [-0.3, -0.25) is 9.48 Å². The lowest BCUT2D eigenvalue weighted by atomic mass is 9.97. The number of aromatic nitrogens is 6. The number of nitrogens with one attached hydrogen (secondary N) is 2. The topological polar surface area (TPSA) is 114 Å². The maximum Gasteiger partial charge on any atom is 0.259 e. The quantitative estimate of drug-likeness (QED) is 0.248. The fourth-order valence-electron chi connectivity index (χ4n) is 5.59. The molecule has 1 aliphatic rings. The van der Waals surface area contributed by atoms with Gasteiger partial charge in [-0.25, -0.2) is 19.3 Å². The van der Waals surface area contributed by atoms with Crippen LogP contribution in [0.2, 0.25) is 0 Å². The molecule has 0 saturated carbocycles. The Hall–Kier alpha value is -5.58. The lowest BCUT2D eigenvalue weighted by Crippen LogP contribution is -2.23. The summed E-state index contributed by atoms with van der Waals surface area (Å²) in [6.07, 6.45) is 4.81. The van der Waals surface area contributed by atoms with E-state index in [1.165, 1.54) is 7.11 Å². The minimum Gasteiger partial charge on any atom is -0.481 e. The second kappa shape index (κ2) is 10.1. The number of carbonyl (C=O) groups excluding carboxylic acids is 1. The molecule has 0 aliphatic carbocycles. The highest BCUT2D eigenvalue weighted by molar-refractivity contribution is 6.15. The molecule has 7 rings (SSSR count). The number of ether oxygens (including phenoxy) is 1. The number of hydrogen-bond acceptors (Lipinski definition) is 7. The van der Waals surface area contributed by atoms with Crippen molar-refractivity contribution in [2.24, 2.45) is 7.05 Å². The van der Waals surface area contributed by atoms with Gasteiger partial charge in [0.2, 0.25) is 11.8 Å². The monoisotopic (exact) mass is 574 g/mol. The third kappa shape index (κ3) is 4.37. The lowest BCUT2D eigenvalue weighted by Gasteiger charge is -2.17. The van der Waals surface area contributed by atoms with Crippen LogP contribution >= 0.6 is 0 Å². The Bertz CT molecular complexity index is 2050. The number of fused-ring (bicyclic) bond motifs is 2. The van der Waals surface area contributed by atoms with Gasteiger partial charge >= 0.3 is 0 Å². The van der Waals surface area contributed by atoms with Crippen LogP contribution < -0.4 is 15.0 Å². The number of aryl methyl sites for hydroxylation is 3. The molecule has 214 valence electrons. The molecule has 0 spiro atoms. The third-order valence-corrected chi connectivity index (χ3v) is 7.86. The standard InChI is InChI=1S/C32H27FN8O2/c1-17-13-36-32(37-27-11-18(2)40(3)39-27)38-29(17)23-14-35-30-20(23)8-6-10-26(30)41-16-24-19(7-5-9-21(24)31(41)42)22-12-28(43-4)34-15-25(22)33/h5-15,35H,16H2,1-4H3,(H,36,37,38,39). The van der Waals surface area contributed by atoms with Crippen molar-refractivity contribution in [3.63, 3.8) is 0 Å². The molecule has 0 radical (unpaired) electrons. The van der Waals surface area contributed by atoms with Gasteiger partial charge in [0.15, 0.2) is 5.82 Å². The number of carbonyl (C=O) groups is 1. The summed E-state index contributed by atoms with van der Waals surface area (Å²) in [5.41, 5.74) is 7.31. The van der Waals surface area contributed by atoms with E-state index >= 15 is 0 Å². The van der Waals surface area contributed by atoms with Crippen molar-refractivity contribution in [2.75, 3.05) is 17.3 Å². The molecule has 2 N–H and O–H groups in total. The molecule has 0 atom stereocenters. The van der Waals surface area contributed by atoms with Crippen LogP contribution in [0.1, 0.15) is 27.2 Å². The molecule has 0 saturated heterocycles. The average Bonchev–Trinajstić information content (AvgIpc) is 3.69. The molecular formula is C32H27FN8O2. The number of para-hydroxylation sites is 1. The highest BCUT2D eigenvalue weighted by atomic mass is 19.1. The van der Waals surface area contributed by atoms with E-state index in [2.05, 4.69) is 25.4 Å². The first-order valence-electron chi connectivity index (χ1n) is 13.7.